The second-order valence-electron chi connectivity index (χ2n) is 9.68. The van der Waals surface area contributed by atoms with Crippen LogP contribution in [0.1, 0.15) is 73.1 Å². The van der Waals surface area contributed by atoms with Crippen LogP contribution in [0, 0.1) is 5.92 Å². The zero-order valence-electron chi connectivity index (χ0n) is 19.2. The van der Waals surface area contributed by atoms with Crippen molar-refractivity contribution in [1.29, 1.82) is 0 Å². The molecule has 0 radical (unpaired) electrons. The number of carboxylic acid groups (broad SMARTS) is 1. The molecule has 8 nitrogen and oxygen atoms in total. The molecule has 0 aromatic carbocycles. The summed E-state index contributed by atoms with van der Waals surface area (Å²) in [5.41, 5.74) is 2.84. The number of alkyl halides is 3. The number of hydrogen-bond donors (Lipinski definition) is 2. The molecule has 3 fully saturated rings. The van der Waals surface area contributed by atoms with Crippen molar-refractivity contribution >= 4 is 17.8 Å². The molecule has 0 spiro atoms. The van der Waals surface area contributed by atoms with Crippen molar-refractivity contribution in [3.63, 3.8) is 0 Å². The number of aromatic nitrogens is 2. The molecule has 5 rings (SSSR count). The van der Waals surface area contributed by atoms with E-state index in [1.165, 1.54) is 38.5 Å². The third kappa shape index (κ3) is 6.37. The zero-order valence-corrected chi connectivity index (χ0v) is 19.2. The lowest BCUT2D eigenvalue weighted by Gasteiger charge is -2.30. The van der Waals surface area contributed by atoms with E-state index in [-0.39, 0.29) is 5.91 Å². The van der Waals surface area contributed by atoms with Gasteiger partial charge >= 0.3 is 12.1 Å². The molecule has 2 N–H and O–H groups in total. The maximum Gasteiger partial charge on any atom is 0.490 e. The van der Waals surface area contributed by atoms with Gasteiger partial charge in [-0.05, 0) is 44.4 Å². The minimum atomic E-state index is -5.08. The smallest absolute Gasteiger partial charge is 0.475 e. The van der Waals surface area contributed by atoms with Crippen molar-refractivity contribution in [3.05, 3.63) is 17.0 Å². The van der Waals surface area contributed by atoms with Gasteiger partial charge in [0.15, 0.2) is 0 Å². The predicted octanol–water partition coefficient (Wildman–Crippen LogP) is 3.15. The van der Waals surface area contributed by atoms with E-state index in [2.05, 4.69) is 15.1 Å². The van der Waals surface area contributed by atoms with Crippen LogP contribution in [0.5, 0.6) is 0 Å². The number of carboxylic acids is 1. The number of amides is 1. The highest BCUT2D eigenvalue weighted by atomic mass is 19.4. The number of nitrogens with one attached hydrogen (secondary N) is 1. The molecule has 2 saturated carbocycles. The Morgan fingerprint density at radius 3 is 2.24 bits per heavy atom. The highest BCUT2D eigenvalue weighted by Crippen LogP contribution is 2.32. The second kappa shape index (κ2) is 10.5. The van der Waals surface area contributed by atoms with Crippen LogP contribution in [0.3, 0.4) is 0 Å². The molecule has 188 valence electrons. The normalized spacial score (nSPS) is 21.1. The molecular weight excluding hydrogens is 451 g/mol. The van der Waals surface area contributed by atoms with Crippen LogP contribution in [-0.4, -0.2) is 70.2 Å². The van der Waals surface area contributed by atoms with Gasteiger partial charge in [-0.15, -0.1) is 0 Å². The minimum absolute atomic E-state index is 0.0225. The Morgan fingerprint density at radius 2 is 1.65 bits per heavy atom. The molecule has 0 unspecified atom stereocenters. The fraction of sp³-hybridized carbons (Fsp3) is 0.739. The summed E-state index contributed by atoms with van der Waals surface area (Å²) in [4.78, 5) is 36.5. The Balaban J connectivity index is 0.000000344. The van der Waals surface area contributed by atoms with Crippen LogP contribution >= 0.6 is 0 Å². The molecule has 34 heavy (non-hydrogen) atoms. The molecular formula is C23H32F3N5O3. The van der Waals surface area contributed by atoms with Gasteiger partial charge in [0.25, 0.3) is 5.91 Å². The van der Waals surface area contributed by atoms with E-state index in [1.54, 1.807) is 0 Å². The van der Waals surface area contributed by atoms with Gasteiger partial charge in [-0.25, -0.2) is 14.8 Å². The van der Waals surface area contributed by atoms with Crippen LogP contribution in [0.4, 0.5) is 19.1 Å². The summed E-state index contributed by atoms with van der Waals surface area (Å²) in [6, 6.07) is 0.324. The predicted molar refractivity (Wildman–Crippen MR) is 119 cm³/mol. The Kier molecular flexibility index (Phi) is 7.59. The molecule has 0 atom stereocenters. The summed E-state index contributed by atoms with van der Waals surface area (Å²) in [7, 11) is 0. The lowest BCUT2D eigenvalue weighted by atomic mass is 10.0. The van der Waals surface area contributed by atoms with Crippen LogP contribution in [0.25, 0.3) is 0 Å². The summed E-state index contributed by atoms with van der Waals surface area (Å²) in [5.74, 6) is -1.09. The maximum atomic E-state index is 13.1. The number of nitrogens with zero attached hydrogens (tertiary/aromatic N) is 4. The van der Waals surface area contributed by atoms with Crippen molar-refractivity contribution in [2.75, 3.05) is 31.1 Å². The van der Waals surface area contributed by atoms with Crippen LogP contribution in [0.15, 0.2) is 0 Å². The van der Waals surface area contributed by atoms with E-state index < -0.39 is 12.1 Å². The quantitative estimate of drug-likeness (QED) is 0.664. The van der Waals surface area contributed by atoms with Gasteiger partial charge in [0.05, 0.1) is 5.69 Å². The van der Waals surface area contributed by atoms with E-state index in [9.17, 15) is 18.0 Å². The molecule has 2 aliphatic carbocycles. The second-order valence-corrected chi connectivity index (χ2v) is 9.68. The number of carbonyl (C=O) groups is 2. The Bertz CT molecular complexity index is 895. The van der Waals surface area contributed by atoms with E-state index >= 15 is 0 Å². The Morgan fingerprint density at radius 1 is 1.00 bits per heavy atom. The minimum Gasteiger partial charge on any atom is -0.475 e. The van der Waals surface area contributed by atoms with Gasteiger partial charge in [0.2, 0.25) is 5.95 Å². The average molecular weight is 484 g/mol. The molecule has 2 aliphatic heterocycles. The molecule has 1 aromatic rings. The Labute approximate surface area is 196 Å². The lowest BCUT2D eigenvalue weighted by molar-refractivity contribution is -0.192. The van der Waals surface area contributed by atoms with Gasteiger partial charge in [0.1, 0.15) is 5.69 Å². The first-order valence-corrected chi connectivity index (χ1v) is 12.2. The molecule has 1 aromatic heterocycles. The van der Waals surface area contributed by atoms with Gasteiger partial charge in [-0.3, -0.25) is 9.69 Å². The Hall–Kier alpha value is -2.43. The van der Waals surface area contributed by atoms with Gasteiger partial charge < -0.3 is 15.3 Å². The topological polar surface area (TPSA) is 98.7 Å². The molecule has 0 bridgehead atoms. The average Bonchev–Trinajstić information content (AvgIpc) is 3.23. The first-order chi connectivity index (χ1) is 16.2. The van der Waals surface area contributed by atoms with Gasteiger partial charge in [-0.2, -0.15) is 13.2 Å². The fourth-order valence-corrected chi connectivity index (χ4v) is 4.85. The SMILES string of the molecule is O=C(NC1CCCC1)c1nc(N2CCCC2)nc2c1CN(CC1CC1)CC2.O=C(O)C(F)(F)F. The number of carbonyl (C=O) groups excluding carboxylic acids is 1. The molecule has 11 heteroatoms. The summed E-state index contributed by atoms with van der Waals surface area (Å²) in [6.07, 6.45) is 5.62. The summed E-state index contributed by atoms with van der Waals surface area (Å²) in [6.45, 7) is 5.08. The van der Waals surface area contributed by atoms with Crippen molar-refractivity contribution in [2.24, 2.45) is 5.92 Å². The molecule has 4 aliphatic rings. The third-order valence-electron chi connectivity index (χ3n) is 6.88. The summed E-state index contributed by atoms with van der Waals surface area (Å²) in [5, 5.41) is 10.4. The monoisotopic (exact) mass is 483 g/mol. The summed E-state index contributed by atoms with van der Waals surface area (Å²) >= 11 is 0. The van der Waals surface area contributed by atoms with E-state index in [4.69, 9.17) is 19.9 Å². The van der Waals surface area contributed by atoms with Crippen molar-refractivity contribution in [1.82, 2.24) is 20.2 Å². The molecule has 1 saturated heterocycles. The highest BCUT2D eigenvalue weighted by molar-refractivity contribution is 5.94. The van der Waals surface area contributed by atoms with Gasteiger partial charge in [0, 0.05) is 50.7 Å². The van der Waals surface area contributed by atoms with Crippen molar-refractivity contribution in [2.45, 2.75) is 76.6 Å². The fourth-order valence-electron chi connectivity index (χ4n) is 4.85. The van der Waals surface area contributed by atoms with Gasteiger partial charge in [-0.1, -0.05) is 12.8 Å². The standard InChI is InChI=1S/C21H31N5O.C2HF3O2/c27-20(22-16-5-1-2-6-16)19-17-14-25(13-15-7-8-15)12-9-18(17)23-21(24-19)26-10-3-4-11-26;3-2(4,5)1(6)7/h15-16H,1-14H2,(H,22,27);(H,6,7). The molecule has 3 heterocycles. The van der Waals surface area contributed by atoms with Crippen LogP contribution in [-0.2, 0) is 17.8 Å². The van der Waals surface area contributed by atoms with Crippen LogP contribution < -0.4 is 10.2 Å². The zero-order chi connectivity index (χ0) is 24.3. The van der Waals surface area contributed by atoms with E-state index in [0.29, 0.717) is 11.7 Å². The third-order valence-corrected chi connectivity index (χ3v) is 6.88. The molecule has 1 amide bonds. The largest absolute Gasteiger partial charge is 0.490 e. The van der Waals surface area contributed by atoms with Crippen LogP contribution in [0.2, 0.25) is 0 Å². The van der Waals surface area contributed by atoms with E-state index in [1.807, 2.05) is 0 Å². The first kappa shape index (κ1) is 24.7. The lowest BCUT2D eigenvalue weighted by Crippen LogP contribution is -2.38. The maximum absolute atomic E-state index is 13.1. The number of fused-ring (bicyclic) bond motifs is 1. The van der Waals surface area contributed by atoms with E-state index in [0.717, 1.165) is 75.1 Å². The number of rotatable bonds is 5. The van der Waals surface area contributed by atoms with Crippen molar-refractivity contribution in [3.8, 4) is 0 Å². The first-order valence-electron chi connectivity index (χ1n) is 12.2. The van der Waals surface area contributed by atoms with Crippen molar-refractivity contribution < 1.29 is 27.9 Å². The number of hydrogen-bond acceptors (Lipinski definition) is 6. The highest BCUT2D eigenvalue weighted by Gasteiger charge is 2.38. The summed E-state index contributed by atoms with van der Waals surface area (Å²) < 4.78 is 31.7. The number of halogens is 3. The number of anilines is 1. The number of aliphatic carboxylic acids is 1.